The van der Waals surface area contributed by atoms with E-state index in [1.165, 1.54) is 5.56 Å². The summed E-state index contributed by atoms with van der Waals surface area (Å²) in [6.07, 6.45) is 1.40. The van der Waals surface area contributed by atoms with E-state index in [1.807, 2.05) is 62.4 Å². The molecule has 9 heteroatoms. The van der Waals surface area contributed by atoms with Gasteiger partial charge in [-0.3, -0.25) is 4.79 Å². The molecule has 0 radical (unpaired) electrons. The predicted molar refractivity (Wildman–Crippen MR) is 131 cm³/mol. The van der Waals surface area contributed by atoms with Crippen LogP contribution in [0, 0.1) is 5.92 Å². The first-order valence-electron chi connectivity index (χ1n) is 11.7. The summed E-state index contributed by atoms with van der Waals surface area (Å²) in [5, 5.41) is 25.1. The Morgan fingerprint density at radius 2 is 1.82 bits per heavy atom. The zero-order valence-electron chi connectivity index (χ0n) is 20.0. The van der Waals surface area contributed by atoms with Gasteiger partial charge in [-0.2, -0.15) is 0 Å². The normalized spacial score (nSPS) is 14.7. The monoisotopic (exact) mass is 467 g/mol. The molecule has 0 aliphatic carbocycles. The van der Waals surface area contributed by atoms with Crippen molar-refractivity contribution in [2.75, 3.05) is 13.7 Å². The van der Waals surface area contributed by atoms with E-state index >= 15 is 0 Å². The number of rotatable bonds is 9. The lowest BCUT2D eigenvalue weighted by atomic mass is 9.75. The van der Waals surface area contributed by atoms with Crippen LogP contribution in [0.4, 0.5) is 4.79 Å². The highest BCUT2D eigenvalue weighted by molar-refractivity contribution is 6.43. The first kappa shape index (κ1) is 25.6. The van der Waals surface area contributed by atoms with Gasteiger partial charge >= 0.3 is 13.1 Å². The smallest absolute Gasteiger partial charge is 0.475 e. The number of amides is 3. The van der Waals surface area contributed by atoms with Crippen molar-refractivity contribution in [1.29, 1.82) is 0 Å². The molecular weight excluding hydrogens is 433 g/mol. The fourth-order valence-corrected chi connectivity index (χ4v) is 4.18. The molecule has 8 nitrogen and oxygen atoms in total. The first-order valence-corrected chi connectivity index (χ1v) is 11.7. The molecule has 0 spiro atoms. The second-order valence-electron chi connectivity index (χ2n) is 9.16. The number of hydrogen-bond donors (Lipinski definition) is 4. The van der Waals surface area contributed by atoms with Gasteiger partial charge in [0.25, 0.3) is 0 Å². The van der Waals surface area contributed by atoms with Gasteiger partial charge in [0.2, 0.25) is 5.91 Å². The molecule has 182 valence electrons. The summed E-state index contributed by atoms with van der Waals surface area (Å²) >= 11 is 0. The van der Waals surface area contributed by atoms with E-state index in [-0.39, 0.29) is 18.4 Å². The Bertz CT molecular complexity index is 970. The molecule has 0 saturated carbocycles. The number of benzene rings is 2. The second-order valence-corrected chi connectivity index (χ2v) is 9.16. The Labute approximate surface area is 201 Å². The van der Waals surface area contributed by atoms with E-state index in [4.69, 9.17) is 4.74 Å². The summed E-state index contributed by atoms with van der Waals surface area (Å²) in [5.74, 6) is -0.382. The molecule has 0 aromatic heterocycles. The number of carbonyl (C=O) groups excluding carboxylic acids is 2. The maximum Gasteiger partial charge on any atom is 0.475 e. The lowest BCUT2D eigenvalue weighted by Crippen LogP contribution is -2.57. The van der Waals surface area contributed by atoms with Crippen molar-refractivity contribution in [1.82, 2.24) is 15.5 Å². The van der Waals surface area contributed by atoms with Gasteiger partial charge in [-0.05, 0) is 47.6 Å². The van der Waals surface area contributed by atoms with E-state index < -0.39 is 25.0 Å². The van der Waals surface area contributed by atoms with Gasteiger partial charge in [0, 0.05) is 19.5 Å². The Morgan fingerprint density at radius 1 is 1.09 bits per heavy atom. The molecule has 3 amide bonds. The molecular formula is C25H34BN3O5. The molecule has 0 bridgehead atoms. The van der Waals surface area contributed by atoms with E-state index in [9.17, 15) is 19.6 Å². The molecule has 0 fully saturated rings. The Hall–Kier alpha value is -3.04. The summed E-state index contributed by atoms with van der Waals surface area (Å²) < 4.78 is 5.31. The number of nitrogens with one attached hydrogen (secondary N) is 2. The average molecular weight is 467 g/mol. The molecule has 4 N–H and O–H groups in total. The topological polar surface area (TPSA) is 111 Å². The minimum Gasteiger partial charge on any atom is -0.497 e. The van der Waals surface area contributed by atoms with Gasteiger partial charge in [-0.15, -0.1) is 0 Å². The number of urea groups is 1. The molecule has 1 heterocycles. The molecule has 2 aromatic rings. The predicted octanol–water partition coefficient (Wildman–Crippen LogP) is 1.92. The molecule has 0 saturated heterocycles. The lowest BCUT2D eigenvalue weighted by Gasteiger charge is -2.31. The summed E-state index contributed by atoms with van der Waals surface area (Å²) in [5.41, 5.74) is 3.09. The molecule has 1 aliphatic heterocycles. The largest absolute Gasteiger partial charge is 0.497 e. The minimum atomic E-state index is -1.69. The molecule has 2 aromatic carbocycles. The van der Waals surface area contributed by atoms with E-state index in [0.29, 0.717) is 19.5 Å². The number of ether oxygens (including phenoxy) is 1. The van der Waals surface area contributed by atoms with E-state index in [2.05, 4.69) is 10.6 Å². The van der Waals surface area contributed by atoms with Gasteiger partial charge in [-0.25, -0.2) is 4.79 Å². The third-order valence-electron chi connectivity index (χ3n) is 6.02. The maximum absolute atomic E-state index is 13.2. The highest BCUT2D eigenvalue weighted by Crippen LogP contribution is 2.24. The summed E-state index contributed by atoms with van der Waals surface area (Å²) in [7, 11) is -0.0782. The number of methoxy groups -OCH3 is 1. The van der Waals surface area contributed by atoms with Crippen molar-refractivity contribution in [3.63, 3.8) is 0 Å². The van der Waals surface area contributed by atoms with Crippen LogP contribution in [0.1, 0.15) is 37.0 Å². The van der Waals surface area contributed by atoms with Crippen LogP contribution in [-0.2, 0) is 24.2 Å². The van der Waals surface area contributed by atoms with Gasteiger partial charge < -0.3 is 30.3 Å². The molecule has 0 unspecified atom stereocenters. The number of fused-ring (bicyclic) bond motifs is 1. The molecule has 3 rings (SSSR count). The maximum atomic E-state index is 13.2. The van der Waals surface area contributed by atoms with Crippen molar-refractivity contribution in [3.05, 3.63) is 65.2 Å². The van der Waals surface area contributed by atoms with Crippen molar-refractivity contribution in [2.45, 2.75) is 51.6 Å². The van der Waals surface area contributed by atoms with Crippen LogP contribution in [0.15, 0.2) is 48.5 Å². The highest BCUT2D eigenvalue weighted by atomic mass is 16.5. The summed E-state index contributed by atoms with van der Waals surface area (Å²) in [4.78, 5) is 28.0. The van der Waals surface area contributed by atoms with Crippen molar-refractivity contribution < 1.29 is 24.4 Å². The van der Waals surface area contributed by atoms with Crippen LogP contribution in [0.5, 0.6) is 5.75 Å². The minimum absolute atomic E-state index is 0.152. The van der Waals surface area contributed by atoms with Crippen LogP contribution in [0.3, 0.4) is 0 Å². The fraction of sp³-hybridized carbons (Fsp3) is 0.440. The third kappa shape index (κ3) is 6.98. The zero-order chi connectivity index (χ0) is 24.7. The average Bonchev–Trinajstić information content (AvgIpc) is 2.82. The molecule has 34 heavy (non-hydrogen) atoms. The Balaban J connectivity index is 1.74. The Kier molecular flexibility index (Phi) is 8.95. The third-order valence-corrected chi connectivity index (χ3v) is 6.02. The van der Waals surface area contributed by atoms with Crippen molar-refractivity contribution >= 4 is 19.1 Å². The van der Waals surface area contributed by atoms with E-state index in [1.54, 1.807) is 12.0 Å². The summed E-state index contributed by atoms with van der Waals surface area (Å²) in [6.45, 7) is 4.83. The van der Waals surface area contributed by atoms with E-state index in [0.717, 1.165) is 23.3 Å². The van der Waals surface area contributed by atoms with Crippen molar-refractivity contribution in [3.8, 4) is 5.75 Å². The standard InChI is InChI=1S/C25H34BN3O5/c1-17(2)13-23(26(32)33)28-24(30)22(14-18-7-5-4-6-8-18)27-25(31)29-12-11-19-9-10-21(34-3)15-20(19)16-29/h4-10,15,17,22-23,32-33H,11-14,16H2,1-3H3,(H,27,31)(H,28,30)/t22-,23-/m0/s1. The second kappa shape index (κ2) is 11.9. The van der Waals surface area contributed by atoms with Gasteiger partial charge in [0.05, 0.1) is 13.1 Å². The van der Waals surface area contributed by atoms with Crippen LogP contribution in [-0.4, -0.2) is 59.6 Å². The van der Waals surface area contributed by atoms with Crippen molar-refractivity contribution in [2.24, 2.45) is 5.92 Å². The summed E-state index contributed by atoms with van der Waals surface area (Å²) in [6, 6.07) is 14.1. The number of hydrogen-bond acceptors (Lipinski definition) is 5. The number of carbonyl (C=O) groups is 2. The first-order chi connectivity index (χ1) is 16.3. The van der Waals surface area contributed by atoms with Crippen LogP contribution in [0.2, 0.25) is 0 Å². The van der Waals surface area contributed by atoms with Gasteiger partial charge in [0.15, 0.2) is 0 Å². The Morgan fingerprint density at radius 3 is 2.47 bits per heavy atom. The quantitative estimate of drug-likeness (QED) is 0.421. The highest BCUT2D eigenvalue weighted by Gasteiger charge is 2.31. The molecule has 2 atom stereocenters. The van der Waals surface area contributed by atoms with Crippen LogP contribution >= 0.6 is 0 Å². The fourth-order valence-electron chi connectivity index (χ4n) is 4.18. The SMILES string of the molecule is COc1ccc2c(c1)CN(C(=O)N[C@@H](Cc1ccccc1)C(=O)N[C@@H](CC(C)C)B(O)O)CC2. The van der Waals surface area contributed by atoms with Gasteiger partial charge in [-0.1, -0.05) is 50.2 Å². The molecule has 1 aliphatic rings. The van der Waals surface area contributed by atoms with Gasteiger partial charge in [0.1, 0.15) is 11.8 Å². The van der Waals surface area contributed by atoms with Crippen LogP contribution in [0.25, 0.3) is 0 Å². The lowest BCUT2D eigenvalue weighted by molar-refractivity contribution is -0.123. The van der Waals surface area contributed by atoms with Crippen LogP contribution < -0.4 is 15.4 Å². The number of nitrogens with zero attached hydrogens (tertiary/aromatic N) is 1. The zero-order valence-corrected chi connectivity index (χ0v) is 20.0.